The van der Waals surface area contributed by atoms with Gasteiger partial charge in [0, 0.05) is 13.1 Å². The standard InChI is InChI=1S/C17H19Br2NO/c1-12(2)21-17-15(18)8-14(9-16(17)19)11-20-10-13-6-4-3-5-7-13/h3-9,12,20H,10-11H2,1-2H3. The molecule has 0 saturated heterocycles. The molecule has 1 N–H and O–H groups in total. The molecule has 0 unspecified atom stereocenters. The Kier molecular flexibility index (Phi) is 6.27. The summed E-state index contributed by atoms with van der Waals surface area (Å²) in [6.45, 7) is 5.72. The van der Waals surface area contributed by atoms with Gasteiger partial charge in [-0.05, 0) is 69.0 Å². The lowest BCUT2D eigenvalue weighted by Gasteiger charge is -2.15. The normalized spacial score (nSPS) is 10.9. The van der Waals surface area contributed by atoms with Gasteiger partial charge in [-0.3, -0.25) is 0 Å². The number of rotatable bonds is 6. The highest BCUT2D eigenvalue weighted by atomic mass is 79.9. The molecule has 0 aliphatic heterocycles. The van der Waals surface area contributed by atoms with Crippen molar-refractivity contribution in [2.45, 2.75) is 33.0 Å². The first-order valence-corrected chi connectivity index (χ1v) is 8.54. The van der Waals surface area contributed by atoms with E-state index in [1.807, 2.05) is 19.9 Å². The van der Waals surface area contributed by atoms with Gasteiger partial charge in [0.2, 0.25) is 0 Å². The van der Waals surface area contributed by atoms with E-state index in [0.717, 1.165) is 27.8 Å². The molecule has 0 heterocycles. The second-order valence-electron chi connectivity index (χ2n) is 5.14. The van der Waals surface area contributed by atoms with Gasteiger partial charge >= 0.3 is 0 Å². The topological polar surface area (TPSA) is 21.3 Å². The van der Waals surface area contributed by atoms with E-state index in [9.17, 15) is 0 Å². The zero-order chi connectivity index (χ0) is 15.2. The number of ether oxygens (including phenoxy) is 1. The van der Waals surface area contributed by atoms with Crippen molar-refractivity contribution >= 4 is 31.9 Å². The average molecular weight is 413 g/mol. The second kappa shape index (κ2) is 7.97. The molecule has 0 spiro atoms. The summed E-state index contributed by atoms with van der Waals surface area (Å²) in [4.78, 5) is 0. The van der Waals surface area contributed by atoms with E-state index < -0.39 is 0 Å². The second-order valence-corrected chi connectivity index (χ2v) is 6.85. The van der Waals surface area contributed by atoms with Crippen LogP contribution >= 0.6 is 31.9 Å². The zero-order valence-corrected chi connectivity index (χ0v) is 15.4. The molecule has 0 aliphatic carbocycles. The van der Waals surface area contributed by atoms with Crippen LogP contribution < -0.4 is 10.1 Å². The number of hydrogen-bond donors (Lipinski definition) is 1. The quantitative estimate of drug-likeness (QED) is 0.695. The van der Waals surface area contributed by atoms with Crippen molar-refractivity contribution in [1.29, 1.82) is 0 Å². The molecule has 0 aromatic heterocycles. The molecule has 2 rings (SSSR count). The van der Waals surface area contributed by atoms with Crippen molar-refractivity contribution in [3.05, 3.63) is 62.5 Å². The number of benzene rings is 2. The number of hydrogen-bond acceptors (Lipinski definition) is 2. The lowest BCUT2D eigenvalue weighted by atomic mass is 10.2. The van der Waals surface area contributed by atoms with E-state index in [2.05, 4.69) is 73.6 Å². The Bertz CT molecular complexity index is 562. The fraction of sp³-hybridized carbons (Fsp3) is 0.294. The Morgan fingerprint density at radius 1 is 0.952 bits per heavy atom. The van der Waals surface area contributed by atoms with E-state index in [0.29, 0.717) is 0 Å². The maximum Gasteiger partial charge on any atom is 0.148 e. The summed E-state index contributed by atoms with van der Waals surface area (Å²) >= 11 is 7.16. The SMILES string of the molecule is CC(C)Oc1c(Br)cc(CNCc2ccccc2)cc1Br. The van der Waals surface area contributed by atoms with Crippen molar-refractivity contribution in [2.24, 2.45) is 0 Å². The van der Waals surface area contributed by atoms with Crippen molar-refractivity contribution < 1.29 is 4.74 Å². The van der Waals surface area contributed by atoms with Crippen LogP contribution in [0.2, 0.25) is 0 Å². The molecule has 112 valence electrons. The third kappa shape index (κ3) is 5.13. The predicted molar refractivity (Wildman–Crippen MR) is 94.6 cm³/mol. The Balaban J connectivity index is 1.98. The van der Waals surface area contributed by atoms with Gasteiger partial charge < -0.3 is 10.1 Å². The van der Waals surface area contributed by atoms with Gasteiger partial charge in [-0.15, -0.1) is 0 Å². The smallest absolute Gasteiger partial charge is 0.148 e. The number of halogens is 2. The molecule has 2 aromatic carbocycles. The Morgan fingerprint density at radius 2 is 1.52 bits per heavy atom. The lowest BCUT2D eigenvalue weighted by molar-refractivity contribution is 0.239. The van der Waals surface area contributed by atoms with Crippen molar-refractivity contribution in [3.8, 4) is 5.75 Å². The maximum atomic E-state index is 5.79. The maximum absolute atomic E-state index is 5.79. The molecule has 21 heavy (non-hydrogen) atoms. The first kappa shape index (κ1) is 16.5. The van der Waals surface area contributed by atoms with Crippen LogP contribution in [0.4, 0.5) is 0 Å². The van der Waals surface area contributed by atoms with Crippen LogP contribution in [0.5, 0.6) is 5.75 Å². The van der Waals surface area contributed by atoms with Crippen LogP contribution in [0.15, 0.2) is 51.4 Å². The van der Waals surface area contributed by atoms with E-state index in [1.165, 1.54) is 11.1 Å². The van der Waals surface area contributed by atoms with E-state index in [-0.39, 0.29) is 6.10 Å². The first-order chi connectivity index (χ1) is 10.1. The monoisotopic (exact) mass is 411 g/mol. The summed E-state index contributed by atoms with van der Waals surface area (Å²) in [6, 6.07) is 14.6. The molecule has 0 saturated carbocycles. The van der Waals surface area contributed by atoms with E-state index in [1.54, 1.807) is 0 Å². The van der Waals surface area contributed by atoms with Gasteiger partial charge in [0.05, 0.1) is 15.0 Å². The van der Waals surface area contributed by atoms with Crippen LogP contribution in [-0.4, -0.2) is 6.10 Å². The highest BCUT2D eigenvalue weighted by Gasteiger charge is 2.10. The van der Waals surface area contributed by atoms with Gasteiger partial charge in [0.15, 0.2) is 0 Å². The minimum Gasteiger partial charge on any atom is -0.489 e. The molecule has 2 aromatic rings. The van der Waals surface area contributed by atoms with Crippen molar-refractivity contribution in [2.75, 3.05) is 0 Å². The van der Waals surface area contributed by atoms with E-state index >= 15 is 0 Å². The summed E-state index contributed by atoms with van der Waals surface area (Å²) in [5, 5.41) is 3.45. The van der Waals surface area contributed by atoms with Crippen LogP contribution in [0.3, 0.4) is 0 Å². The van der Waals surface area contributed by atoms with Gasteiger partial charge in [0.25, 0.3) is 0 Å². The van der Waals surface area contributed by atoms with Gasteiger partial charge in [-0.25, -0.2) is 0 Å². The summed E-state index contributed by atoms with van der Waals surface area (Å²) in [6.07, 6.45) is 0.152. The minimum atomic E-state index is 0.152. The molecule has 0 bridgehead atoms. The predicted octanol–water partition coefficient (Wildman–Crippen LogP) is 5.29. The minimum absolute atomic E-state index is 0.152. The summed E-state index contributed by atoms with van der Waals surface area (Å²) < 4.78 is 7.74. The van der Waals surface area contributed by atoms with E-state index in [4.69, 9.17) is 4.74 Å². The fourth-order valence-corrected chi connectivity index (χ4v) is 3.48. The third-order valence-electron chi connectivity index (χ3n) is 2.91. The Labute approximate surface area is 143 Å². The lowest BCUT2D eigenvalue weighted by Crippen LogP contribution is -2.13. The summed E-state index contributed by atoms with van der Waals surface area (Å²) in [5.41, 5.74) is 2.50. The van der Waals surface area contributed by atoms with Gasteiger partial charge in [-0.1, -0.05) is 30.3 Å². The Morgan fingerprint density at radius 3 is 2.10 bits per heavy atom. The molecule has 0 fully saturated rings. The highest BCUT2D eigenvalue weighted by molar-refractivity contribution is 9.11. The molecule has 0 atom stereocenters. The Hall–Kier alpha value is -0.840. The third-order valence-corrected chi connectivity index (χ3v) is 4.09. The average Bonchev–Trinajstić information content (AvgIpc) is 2.44. The molecule has 0 radical (unpaired) electrons. The van der Waals surface area contributed by atoms with Crippen LogP contribution in [-0.2, 0) is 13.1 Å². The fourth-order valence-electron chi connectivity index (χ4n) is 2.01. The molecular weight excluding hydrogens is 394 g/mol. The van der Waals surface area contributed by atoms with Crippen molar-refractivity contribution in [1.82, 2.24) is 5.32 Å². The van der Waals surface area contributed by atoms with Gasteiger partial charge in [0.1, 0.15) is 5.75 Å². The molecular formula is C17H19Br2NO. The first-order valence-electron chi connectivity index (χ1n) is 6.95. The molecule has 2 nitrogen and oxygen atoms in total. The van der Waals surface area contributed by atoms with Crippen LogP contribution in [0.25, 0.3) is 0 Å². The van der Waals surface area contributed by atoms with Crippen LogP contribution in [0, 0.1) is 0 Å². The largest absolute Gasteiger partial charge is 0.489 e. The molecule has 4 heteroatoms. The zero-order valence-electron chi connectivity index (χ0n) is 12.2. The highest BCUT2D eigenvalue weighted by Crippen LogP contribution is 2.35. The van der Waals surface area contributed by atoms with Crippen LogP contribution in [0.1, 0.15) is 25.0 Å². The van der Waals surface area contributed by atoms with Gasteiger partial charge in [-0.2, -0.15) is 0 Å². The van der Waals surface area contributed by atoms with Crippen molar-refractivity contribution in [3.63, 3.8) is 0 Å². The summed E-state index contributed by atoms with van der Waals surface area (Å²) in [7, 11) is 0. The molecule has 0 amide bonds. The molecule has 0 aliphatic rings. The summed E-state index contributed by atoms with van der Waals surface area (Å²) in [5.74, 6) is 0.858. The number of nitrogens with one attached hydrogen (secondary N) is 1.